The van der Waals surface area contributed by atoms with Gasteiger partial charge in [0.2, 0.25) is 0 Å². The molecule has 0 bridgehead atoms. The van der Waals surface area contributed by atoms with Gasteiger partial charge >= 0.3 is 0 Å². The van der Waals surface area contributed by atoms with Crippen LogP contribution in [0.4, 0.5) is 22.7 Å². The first-order valence-corrected chi connectivity index (χ1v) is 15.9. The zero-order valence-electron chi connectivity index (χ0n) is 28.2. The zero-order chi connectivity index (χ0) is 31.2. The van der Waals surface area contributed by atoms with Gasteiger partial charge in [-0.3, -0.25) is 0 Å². The van der Waals surface area contributed by atoms with E-state index >= 15 is 0 Å². The van der Waals surface area contributed by atoms with Gasteiger partial charge in [0.15, 0.2) is 0 Å². The monoisotopic (exact) mass is 560 g/mol. The summed E-state index contributed by atoms with van der Waals surface area (Å²) in [5.41, 5.74) is 7.44. The van der Waals surface area contributed by atoms with Crippen LogP contribution in [0.3, 0.4) is 0 Å². The molecule has 2 aliphatic rings. The molecule has 0 unspecified atom stereocenters. The molecule has 0 spiro atoms. The highest BCUT2D eigenvalue weighted by atomic mass is 15.1. The lowest BCUT2D eigenvalue weighted by molar-refractivity contribution is 0.224. The first kappa shape index (κ1) is 27.3. The van der Waals surface area contributed by atoms with Crippen molar-refractivity contribution in [2.45, 2.75) is 83.4 Å². The smallest absolute Gasteiger partial charge is 0.0408 e. The Labute approximate surface area is 258 Å². The van der Waals surface area contributed by atoms with E-state index in [4.69, 9.17) is 2.74 Å². The lowest BCUT2D eigenvalue weighted by Crippen LogP contribution is -2.20. The molecule has 0 aromatic heterocycles. The highest BCUT2D eigenvalue weighted by Gasteiger charge is 2.27. The van der Waals surface area contributed by atoms with E-state index in [1.54, 1.807) is 0 Å². The van der Waals surface area contributed by atoms with Crippen LogP contribution < -0.4 is 9.80 Å². The van der Waals surface area contributed by atoms with Gasteiger partial charge in [0, 0.05) is 39.6 Å². The van der Waals surface area contributed by atoms with Crippen LogP contribution in [0.15, 0.2) is 109 Å². The van der Waals surface area contributed by atoms with Crippen LogP contribution in [0.25, 0.3) is 0 Å². The van der Waals surface area contributed by atoms with Crippen molar-refractivity contribution in [1.82, 2.24) is 0 Å². The third-order valence-electron chi connectivity index (χ3n) is 9.28. The Morgan fingerprint density at radius 1 is 0.500 bits per heavy atom. The van der Waals surface area contributed by atoms with E-state index in [1.165, 1.54) is 53.1 Å². The van der Waals surface area contributed by atoms with Gasteiger partial charge < -0.3 is 9.80 Å². The van der Waals surface area contributed by atoms with Gasteiger partial charge in [0.1, 0.15) is 0 Å². The van der Waals surface area contributed by atoms with Gasteiger partial charge in [-0.2, -0.15) is 0 Å². The fourth-order valence-corrected chi connectivity index (χ4v) is 6.23. The summed E-state index contributed by atoms with van der Waals surface area (Å²) in [4.78, 5) is 4.37. The third kappa shape index (κ3) is 7.85. The van der Waals surface area contributed by atoms with Gasteiger partial charge in [-0.05, 0) is 115 Å². The molecule has 2 fully saturated rings. The van der Waals surface area contributed by atoms with Crippen molar-refractivity contribution in [3.05, 3.63) is 120 Å². The quantitative estimate of drug-likeness (QED) is 0.231. The Balaban J connectivity index is 0.000000175. The van der Waals surface area contributed by atoms with Crippen LogP contribution in [0.2, 0.25) is 0 Å². The van der Waals surface area contributed by atoms with Crippen LogP contribution in [-0.4, -0.2) is 14.1 Å². The second-order valence-electron chi connectivity index (χ2n) is 12.8. The summed E-state index contributed by atoms with van der Waals surface area (Å²) in [6.45, 7) is 4.65. The summed E-state index contributed by atoms with van der Waals surface area (Å²) in [6.07, 6.45) is 9.88. The minimum absolute atomic E-state index is 0.359. The second kappa shape index (κ2) is 14.1. The highest BCUT2D eigenvalue weighted by molar-refractivity contribution is 5.63. The van der Waals surface area contributed by atoms with E-state index in [9.17, 15) is 0 Å². The average Bonchev–Trinajstić information content (AvgIpc) is 3.07. The minimum Gasteiger partial charge on any atom is -0.345 e. The maximum absolute atomic E-state index is 8.87. The van der Waals surface area contributed by atoms with Crippen molar-refractivity contribution in [3.8, 4) is 0 Å². The molecule has 4 aromatic carbocycles. The SMILES string of the molecule is [2H]C1(c2ccc(N(C)c3ccccc3)cc2)CCC(C)(C)CC1.[2H]C1(c2ccc(N(C)c3ccccc3)cc2)CCCCC1. The molecular formula is C40H50N2. The van der Waals surface area contributed by atoms with E-state index in [1.807, 2.05) is 12.1 Å². The molecule has 0 radical (unpaired) electrons. The summed E-state index contributed by atoms with van der Waals surface area (Å²) in [5, 5.41) is 0. The molecule has 2 heteroatoms. The first-order valence-electron chi connectivity index (χ1n) is 16.9. The summed E-state index contributed by atoms with van der Waals surface area (Å²) in [7, 11) is 4.17. The Hall–Kier alpha value is -3.52. The molecule has 0 heterocycles. The Kier molecular flexibility index (Phi) is 9.17. The predicted molar refractivity (Wildman–Crippen MR) is 183 cm³/mol. The standard InChI is InChI=1S/C21H27N.C19H23N/c1-21(2)15-13-18(14-16-21)17-9-11-20(12-10-17)22(3)19-7-5-4-6-8-19;1-20(18-10-6-3-7-11-18)19-14-12-17(13-15-19)16-8-4-2-5-9-16/h4-12,18H,13-16H2,1-3H3;3,6-7,10-16H,2,4-5,8-9H2,1H3/i18D;16D. The summed E-state index contributed by atoms with van der Waals surface area (Å²) in [6, 6.07) is 37.9. The van der Waals surface area contributed by atoms with Crippen LogP contribution in [0.1, 0.15) is 97.3 Å². The summed E-state index contributed by atoms with van der Waals surface area (Å²) >= 11 is 0. The van der Waals surface area contributed by atoms with Gasteiger partial charge in [-0.1, -0.05) is 93.8 Å². The van der Waals surface area contributed by atoms with Crippen molar-refractivity contribution in [1.29, 1.82) is 0 Å². The largest absolute Gasteiger partial charge is 0.345 e. The van der Waals surface area contributed by atoms with Gasteiger partial charge in [0.05, 0.1) is 0 Å². The van der Waals surface area contributed by atoms with Gasteiger partial charge in [0.25, 0.3) is 0 Å². The van der Waals surface area contributed by atoms with E-state index in [2.05, 4.69) is 135 Å². The minimum atomic E-state index is -0.403. The average molecular weight is 561 g/mol. The molecule has 4 aromatic rings. The number of benzene rings is 4. The number of hydrogen-bond acceptors (Lipinski definition) is 2. The molecule has 2 saturated carbocycles. The van der Waals surface area contributed by atoms with Gasteiger partial charge in [-0.25, -0.2) is 0 Å². The van der Waals surface area contributed by atoms with E-state index < -0.39 is 5.89 Å². The van der Waals surface area contributed by atoms with Crippen LogP contribution >= 0.6 is 0 Å². The molecule has 220 valence electrons. The summed E-state index contributed by atoms with van der Waals surface area (Å²) < 4.78 is 17.6. The maximum atomic E-state index is 8.87. The lowest BCUT2D eigenvalue weighted by atomic mass is 9.71. The fraction of sp³-hybridized carbons (Fsp3) is 0.400. The third-order valence-corrected chi connectivity index (χ3v) is 9.28. The van der Waals surface area contributed by atoms with Crippen LogP contribution in [0, 0.1) is 5.41 Å². The normalized spacial score (nSPS) is 19.3. The molecular weight excluding hydrogens is 508 g/mol. The Bertz CT molecular complexity index is 1430. The predicted octanol–water partition coefficient (Wildman–Crippen LogP) is 11.6. The van der Waals surface area contributed by atoms with Crippen molar-refractivity contribution < 1.29 is 2.74 Å². The molecule has 0 amide bonds. The Morgan fingerprint density at radius 3 is 1.26 bits per heavy atom. The van der Waals surface area contributed by atoms with Crippen LogP contribution in [-0.2, 0) is 0 Å². The van der Waals surface area contributed by atoms with E-state index in [-0.39, 0.29) is 5.89 Å². The number of para-hydroxylation sites is 2. The van der Waals surface area contributed by atoms with Gasteiger partial charge in [-0.15, -0.1) is 0 Å². The molecule has 0 saturated heterocycles. The fourth-order valence-electron chi connectivity index (χ4n) is 6.23. The first-order chi connectivity index (χ1) is 21.1. The van der Waals surface area contributed by atoms with Crippen molar-refractivity contribution in [2.75, 3.05) is 23.9 Å². The maximum Gasteiger partial charge on any atom is 0.0408 e. The van der Waals surface area contributed by atoms with E-state index in [0.717, 1.165) is 38.5 Å². The number of anilines is 4. The van der Waals surface area contributed by atoms with Crippen molar-refractivity contribution in [3.63, 3.8) is 0 Å². The second-order valence-corrected chi connectivity index (χ2v) is 12.8. The molecule has 2 aliphatic carbocycles. The molecule has 0 atom stereocenters. The van der Waals surface area contributed by atoms with Crippen molar-refractivity contribution in [2.24, 2.45) is 5.41 Å². The number of rotatable bonds is 6. The van der Waals surface area contributed by atoms with Crippen LogP contribution in [0.5, 0.6) is 0 Å². The number of hydrogen-bond donors (Lipinski definition) is 0. The zero-order valence-corrected chi connectivity index (χ0v) is 26.2. The Morgan fingerprint density at radius 2 is 0.857 bits per heavy atom. The molecule has 42 heavy (non-hydrogen) atoms. The van der Waals surface area contributed by atoms with Crippen molar-refractivity contribution >= 4 is 22.7 Å². The van der Waals surface area contributed by atoms with E-state index in [0.29, 0.717) is 5.41 Å². The number of nitrogens with zero attached hydrogens (tertiary/aromatic N) is 2. The topological polar surface area (TPSA) is 6.48 Å². The lowest BCUT2D eigenvalue weighted by Gasteiger charge is -2.34. The molecule has 2 nitrogen and oxygen atoms in total. The molecule has 0 N–H and O–H groups in total. The molecule has 0 aliphatic heterocycles. The summed E-state index contributed by atoms with van der Waals surface area (Å²) in [5.74, 6) is -0.762. The highest BCUT2D eigenvalue weighted by Crippen LogP contribution is 2.42. The molecule has 6 rings (SSSR count).